The Bertz CT molecular complexity index is 341. The van der Waals surface area contributed by atoms with Crippen LogP contribution in [0.5, 0.6) is 0 Å². The number of ketones is 1. The van der Waals surface area contributed by atoms with E-state index in [-0.39, 0.29) is 30.2 Å². The van der Waals surface area contributed by atoms with E-state index in [1.54, 1.807) is 0 Å². The standard InChI is InChI=1S/C10H15NO4/c1-6-7(2)10(14,15)9(5-8(6)13)11-3-4-12/h5,11-12,14-15H,3-4H2,1-2H3. The van der Waals surface area contributed by atoms with Gasteiger partial charge in [0.1, 0.15) is 0 Å². The van der Waals surface area contributed by atoms with Gasteiger partial charge in [-0.25, -0.2) is 0 Å². The molecule has 0 atom stereocenters. The average Bonchev–Trinajstić information content (AvgIpc) is 2.19. The molecule has 0 spiro atoms. The number of hydrogen-bond acceptors (Lipinski definition) is 5. The van der Waals surface area contributed by atoms with Crippen molar-refractivity contribution >= 4 is 5.78 Å². The third-order valence-corrected chi connectivity index (χ3v) is 2.53. The zero-order valence-corrected chi connectivity index (χ0v) is 8.74. The van der Waals surface area contributed by atoms with E-state index in [0.29, 0.717) is 5.57 Å². The minimum atomic E-state index is -2.15. The van der Waals surface area contributed by atoms with Crippen LogP contribution in [-0.4, -0.2) is 40.0 Å². The van der Waals surface area contributed by atoms with Crippen molar-refractivity contribution < 1.29 is 20.1 Å². The molecule has 0 bridgehead atoms. The predicted octanol–water partition coefficient (Wildman–Crippen LogP) is -0.948. The molecule has 1 rings (SSSR count). The molecule has 5 heteroatoms. The highest BCUT2D eigenvalue weighted by atomic mass is 16.5. The third kappa shape index (κ3) is 2.09. The molecule has 0 aromatic heterocycles. The van der Waals surface area contributed by atoms with Crippen molar-refractivity contribution in [2.45, 2.75) is 19.6 Å². The molecule has 0 saturated carbocycles. The SMILES string of the molecule is CC1=C(C)C(O)(O)C(NCCO)=CC1=O. The highest BCUT2D eigenvalue weighted by molar-refractivity contribution is 6.06. The Hall–Kier alpha value is -1.17. The van der Waals surface area contributed by atoms with Gasteiger partial charge in [0.2, 0.25) is 5.79 Å². The van der Waals surface area contributed by atoms with Crippen molar-refractivity contribution in [2.24, 2.45) is 0 Å². The molecule has 0 aromatic carbocycles. The maximum absolute atomic E-state index is 11.4. The molecule has 0 radical (unpaired) electrons. The first kappa shape index (κ1) is 11.9. The Balaban J connectivity index is 3.00. The number of carbonyl (C=O) groups excluding carboxylic acids is 1. The fourth-order valence-corrected chi connectivity index (χ4v) is 1.35. The molecule has 0 saturated heterocycles. The number of aliphatic hydroxyl groups excluding tert-OH is 1. The lowest BCUT2D eigenvalue weighted by atomic mass is 9.90. The second-order valence-electron chi connectivity index (χ2n) is 3.49. The van der Waals surface area contributed by atoms with Gasteiger partial charge in [-0.3, -0.25) is 4.79 Å². The van der Waals surface area contributed by atoms with Crippen LogP contribution in [0.1, 0.15) is 13.8 Å². The summed E-state index contributed by atoms with van der Waals surface area (Å²) in [6, 6.07) is 0. The predicted molar refractivity (Wildman–Crippen MR) is 53.7 cm³/mol. The molecule has 15 heavy (non-hydrogen) atoms. The molecule has 0 aromatic rings. The zero-order chi connectivity index (χ0) is 11.6. The fourth-order valence-electron chi connectivity index (χ4n) is 1.35. The number of aliphatic hydroxyl groups is 3. The van der Waals surface area contributed by atoms with Crippen LogP contribution in [-0.2, 0) is 4.79 Å². The summed E-state index contributed by atoms with van der Waals surface area (Å²) in [6.07, 6.45) is 1.14. The van der Waals surface area contributed by atoms with Gasteiger partial charge in [-0.2, -0.15) is 0 Å². The highest BCUT2D eigenvalue weighted by Gasteiger charge is 2.37. The molecule has 5 nitrogen and oxygen atoms in total. The van der Waals surface area contributed by atoms with Gasteiger partial charge in [0.05, 0.1) is 12.3 Å². The van der Waals surface area contributed by atoms with Crippen LogP contribution in [0.25, 0.3) is 0 Å². The molecular formula is C10H15NO4. The summed E-state index contributed by atoms with van der Waals surface area (Å²) in [5.41, 5.74) is 0.537. The van der Waals surface area contributed by atoms with Crippen molar-refractivity contribution in [1.82, 2.24) is 5.32 Å². The average molecular weight is 213 g/mol. The van der Waals surface area contributed by atoms with Crippen LogP contribution in [0.4, 0.5) is 0 Å². The lowest BCUT2D eigenvalue weighted by Crippen LogP contribution is -2.43. The van der Waals surface area contributed by atoms with Crippen molar-refractivity contribution in [3.63, 3.8) is 0 Å². The minimum Gasteiger partial charge on any atom is -0.395 e. The van der Waals surface area contributed by atoms with Crippen molar-refractivity contribution in [2.75, 3.05) is 13.2 Å². The smallest absolute Gasteiger partial charge is 0.228 e. The minimum absolute atomic E-state index is 0.00431. The number of nitrogens with one attached hydrogen (secondary N) is 1. The molecule has 0 amide bonds. The normalized spacial score (nSPS) is 20.3. The maximum Gasteiger partial charge on any atom is 0.228 e. The summed E-state index contributed by atoms with van der Waals surface area (Å²) in [7, 11) is 0. The van der Waals surface area contributed by atoms with Crippen LogP contribution >= 0.6 is 0 Å². The van der Waals surface area contributed by atoms with E-state index in [1.165, 1.54) is 13.8 Å². The summed E-state index contributed by atoms with van der Waals surface area (Å²) >= 11 is 0. The maximum atomic E-state index is 11.4. The van der Waals surface area contributed by atoms with E-state index in [1.807, 2.05) is 0 Å². The van der Waals surface area contributed by atoms with Gasteiger partial charge in [0.15, 0.2) is 5.78 Å². The quantitative estimate of drug-likeness (QED) is 0.454. The number of hydrogen-bond donors (Lipinski definition) is 4. The number of carbonyl (C=O) groups is 1. The van der Waals surface area contributed by atoms with Crippen LogP contribution < -0.4 is 5.32 Å². The number of allylic oxidation sites excluding steroid dienone is 2. The van der Waals surface area contributed by atoms with Gasteiger partial charge < -0.3 is 20.6 Å². The van der Waals surface area contributed by atoms with Gasteiger partial charge in [-0.1, -0.05) is 0 Å². The summed E-state index contributed by atoms with van der Waals surface area (Å²) in [5.74, 6) is -2.40. The van der Waals surface area contributed by atoms with Crippen molar-refractivity contribution in [3.8, 4) is 0 Å². The van der Waals surface area contributed by atoms with Gasteiger partial charge in [0, 0.05) is 18.2 Å². The van der Waals surface area contributed by atoms with Gasteiger partial charge in [-0.05, 0) is 19.4 Å². The Morgan fingerprint density at radius 3 is 2.53 bits per heavy atom. The largest absolute Gasteiger partial charge is 0.395 e. The second-order valence-corrected chi connectivity index (χ2v) is 3.49. The topological polar surface area (TPSA) is 89.8 Å². The Morgan fingerprint density at radius 1 is 1.40 bits per heavy atom. The Kier molecular flexibility index (Phi) is 3.28. The van der Waals surface area contributed by atoms with Gasteiger partial charge in [-0.15, -0.1) is 0 Å². The molecular weight excluding hydrogens is 198 g/mol. The van der Waals surface area contributed by atoms with E-state index in [0.717, 1.165) is 6.08 Å². The van der Waals surface area contributed by atoms with E-state index in [4.69, 9.17) is 5.11 Å². The first-order valence-corrected chi connectivity index (χ1v) is 4.65. The Morgan fingerprint density at radius 2 is 2.00 bits per heavy atom. The zero-order valence-electron chi connectivity index (χ0n) is 8.74. The summed E-state index contributed by atoms with van der Waals surface area (Å²) in [6.45, 7) is 3.04. The van der Waals surface area contributed by atoms with Crippen LogP contribution in [0, 0.1) is 0 Å². The summed E-state index contributed by atoms with van der Waals surface area (Å²) < 4.78 is 0. The van der Waals surface area contributed by atoms with E-state index >= 15 is 0 Å². The molecule has 0 fully saturated rings. The molecule has 4 N–H and O–H groups in total. The first-order valence-electron chi connectivity index (χ1n) is 4.65. The monoisotopic (exact) mass is 213 g/mol. The Labute approximate surface area is 87.7 Å². The lowest BCUT2D eigenvalue weighted by molar-refractivity contribution is -0.118. The van der Waals surface area contributed by atoms with Crippen LogP contribution in [0.2, 0.25) is 0 Å². The van der Waals surface area contributed by atoms with E-state index < -0.39 is 5.79 Å². The lowest BCUT2D eigenvalue weighted by Gasteiger charge is -2.30. The highest BCUT2D eigenvalue weighted by Crippen LogP contribution is 2.28. The van der Waals surface area contributed by atoms with Crippen molar-refractivity contribution in [1.29, 1.82) is 0 Å². The third-order valence-electron chi connectivity index (χ3n) is 2.53. The molecule has 1 aliphatic carbocycles. The van der Waals surface area contributed by atoms with E-state index in [9.17, 15) is 15.0 Å². The second kappa shape index (κ2) is 4.14. The molecule has 1 aliphatic rings. The van der Waals surface area contributed by atoms with E-state index in [2.05, 4.69) is 5.32 Å². The summed E-state index contributed by atoms with van der Waals surface area (Å²) in [4.78, 5) is 11.4. The molecule has 0 aliphatic heterocycles. The fraction of sp³-hybridized carbons (Fsp3) is 0.500. The molecule has 0 unspecified atom stereocenters. The van der Waals surface area contributed by atoms with Crippen LogP contribution in [0.15, 0.2) is 22.9 Å². The number of rotatable bonds is 3. The van der Waals surface area contributed by atoms with Gasteiger partial charge in [0.25, 0.3) is 0 Å². The molecule has 0 heterocycles. The van der Waals surface area contributed by atoms with Crippen LogP contribution in [0.3, 0.4) is 0 Å². The summed E-state index contributed by atoms with van der Waals surface area (Å²) in [5, 5.41) is 30.7. The first-order chi connectivity index (χ1) is 6.91. The van der Waals surface area contributed by atoms with Crippen molar-refractivity contribution in [3.05, 3.63) is 22.9 Å². The molecule has 84 valence electrons. The van der Waals surface area contributed by atoms with Gasteiger partial charge >= 0.3 is 0 Å².